The number of ether oxygens (including phenoxy) is 1. The molecule has 0 aliphatic carbocycles. The number of hydrogen-bond acceptors (Lipinski definition) is 5. The Morgan fingerprint density at radius 1 is 1.08 bits per heavy atom. The Balaban J connectivity index is 1.39. The topological polar surface area (TPSA) is 63.0 Å². The van der Waals surface area contributed by atoms with E-state index in [1.54, 1.807) is 24.1 Å². The second kappa shape index (κ2) is 10.6. The SMILES string of the molecule is CC(C)N(C)C(=O)c1ccc(COc2ccc3c(c2)C(c2ccccc2)N(C(=O)c2cccs2)CC3)o1. The van der Waals surface area contributed by atoms with Crippen molar-refractivity contribution in [3.63, 3.8) is 0 Å². The third kappa shape index (κ3) is 5.18. The van der Waals surface area contributed by atoms with E-state index in [1.807, 2.05) is 66.6 Å². The van der Waals surface area contributed by atoms with Gasteiger partial charge in [0.2, 0.25) is 0 Å². The van der Waals surface area contributed by atoms with E-state index in [-0.39, 0.29) is 30.5 Å². The lowest BCUT2D eigenvalue weighted by atomic mass is 9.88. The molecule has 7 heteroatoms. The molecule has 5 rings (SSSR count). The van der Waals surface area contributed by atoms with Crippen molar-refractivity contribution in [1.29, 1.82) is 0 Å². The standard InChI is InChI=1S/C30H30N2O4S/c1-20(2)31(3)29(33)26-14-13-24(36-26)19-35-23-12-11-21-15-16-32(30(34)27-10-7-17-37-27)28(25(21)18-23)22-8-5-4-6-9-22/h4-14,17-18,20,28H,15-16,19H2,1-3H3. The molecule has 2 aromatic carbocycles. The van der Waals surface area contributed by atoms with E-state index >= 15 is 0 Å². The number of carbonyl (C=O) groups excluding carboxylic acids is 2. The van der Waals surface area contributed by atoms with Crippen molar-refractivity contribution in [2.75, 3.05) is 13.6 Å². The summed E-state index contributed by atoms with van der Waals surface area (Å²) in [4.78, 5) is 30.3. The van der Waals surface area contributed by atoms with Crippen molar-refractivity contribution >= 4 is 23.2 Å². The minimum atomic E-state index is -0.206. The van der Waals surface area contributed by atoms with Crippen molar-refractivity contribution in [3.05, 3.63) is 111 Å². The molecule has 37 heavy (non-hydrogen) atoms. The summed E-state index contributed by atoms with van der Waals surface area (Å²) in [6.45, 7) is 4.76. The zero-order valence-electron chi connectivity index (χ0n) is 21.2. The number of fused-ring (bicyclic) bond motifs is 1. The van der Waals surface area contributed by atoms with Crippen molar-refractivity contribution in [1.82, 2.24) is 9.80 Å². The molecule has 0 radical (unpaired) electrons. The van der Waals surface area contributed by atoms with Gasteiger partial charge in [0.15, 0.2) is 5.76 Å². The number of benzene rings is 2. The number of amides is 2. The number of hydrogen-bond donors (Lipinski definition) is 0. The Morgan fingerprint density at radius 3 is 2.62 bits per heavy atom. The second-order valence-electron chi connectivity index (χ2n) is 9.46. The van der Waals surface area contributed by atoms with Gasteiger partial charge in [-0.05, 0) is 72.7 Å². The molecule has 1 atom stereocenters. The molecule has 0 spiro atoms. The summed E-state index contributed by atoms with van der Waals surface area (Å²) in [5, 5.41) is 1.93. The van der Waals surface area contributed by atoms with Gasteiger partial charge in [-0.3, -0.25) is 9.59 Å². The van der Waals surface area contributed by atoms with Gasteiger partial charge < -0.3 is 19.0 Å². The van der Waals surface area contributed by atoms with Crippen LogP contribution in [0.5, 0.6) is 5.75 Å². The van der Waals surface area contributed by atoms with Crippen LogP contribution < -0.4 is 4.74 Å². The number of nitrogens with zero attached hydrogens (tertiary/aromatic N) is 2. The van der Waals surface area contributed by atoms with Crippen LogP contribution in [0.3, 0.4) is 0 Å². The van der Waals surface area contributed by atoms with E-state index in [1.165, 1.54) is 16.9 Å². The van der Waals surface area contributed by atoms with Gasteiger partial charge in [0.25, 0.3) is 11.8 Å². The first kappa shape index (κ1) is 24.8. The van der Waals surface area contributed by atoms with E-state index in [0.29, 0.717) is 23.8 Å². The van der Waals surface area contributed by atoms with Crippen LogP contribution in [0.25, 0.3) is 0 Å². The molecule has 6 nitrogen and oxygen atoms in total. The minimum Gasteiger partial charge on any atom is -0.486 e. The summed E-state index contributed by atoms with van der Waals surface area (Å²) in [6, 6.07) is 23.3. The predicted molar refractivity (Wildman–Crippen MR) is 144 cm³/mol. The molecule has 1 unspecified atom stereocenters. The molecule has 0 saturated heterocycles. The van der Waals surface area contributed by atoms with Crippen molar-refractivity contribution in [3.8, 4) is 5.75 Å². The highest BCUT2D eigenvalue weighted by Crippen LogP contribution is 2.38. The van der Waals surface area contributed by atoms with Crippen LogP contribution in [-0.4, -0.2) is 41.2 Å². The molecule has 2 amide bonds. The Kier molecular flexibility index (Phi) is 7.15. The zero-order valence-corrected chi connectivity index (χ0v) is 22.0. The number of carbonyl (C=O) groups is 2. The largest absolute Gasteiger partial charge is 0.486 e. The van der Waals surface area contributed by atoms with E-state index in [9.17, 15) is 9.59 Å². The van der Waals surface area contributed by atoms with Gasteiger partial charge in [-0.2, -0.15) is 0 Å². The van der Waals surface area contributed by atoms with Gasteiger partial charge in [0.05, 0.1) is 10.9 Å². The summed E-state index contributed by atoms with van der Waals surface area (Å²) in [5.41, 5.74) is 3.33. The zero-order chi connectivity index (χ0) is 25.9. The third-order valence-electron chi connectivity index (χ3n) is 6.80. The highest BCUT2D eigenvalue weighted by molar-refractivity contribution is 7.12. The highest BCUT2D eigenvalue weighted by atomic mass is 32.1. The molecular formula is C30H30N2O4S. The Hall–Kier alpha value is -3.84. The monoisotopic (exact) mass is 514 g/mol. The van der Waals surface area contributed by atoms with E-state index < -0.39 is 0 Å². The quantitative estimate of drug-likeness (QED) is 0.295. The highest BCUT2D eigenvalue weighted by Gasteiger charge is 2.33. The summed E-state index contributed by atoms with van der Waals surface area (Å²) < 4.78 is 11.9. The van der Waals surface area contributed by atoms with E-state index in [4.69, 9.17) is 9.15 Å². The van der Waals surface area contributed by atoms with Gasteiger partial charge in [0.1, 0.15) is 18.1 Å². The molecule has 0 saturated carbocycles. The van der Waals surface area contributed by atoms with Crippen LogP contribution in [0, 0.1) is 0 Å². The molecule has 4 aromatic rings. The Bertz CT molecular complexity index is 1380. The van der Waals surface area contributed by atoms with Crippen LogP contribution in [0.4, 0.5) is 0 Å². The van der Waals surface area contributed by atoms with Gasteiger partial charge >= 0.3 is 0 Å². The summed E-state index contributed by atoms with van der Waals surface area (Å²) in [6.07, 6.45) is 0.781. The molecule has 3 heterocycles. The van der Waals surface area contributed by atoms with Crippen LogP contribution in [0.1, 0.15) is 62.6 Å². The molecular weight excluding hydrogens is 484 g/mol. The van der Waals surface area contributed by atoms with Gasteiger partial charge in [-0.15, -0.1) is 11.3 Å². The molecule has 0 fully saturated rings. The fourth-order valence-electron chi connectivity index (χ4n) is 4.57. The van der Waals surface area contributed by atoms with Gasteiger partial charge in [0, 0.05) is 19.6 Å². The van der Waals surface area contributed by atoms with Crippen LogP contribution in [0.15, 0.2) is 82.6 Å². The molecule has 1 aliphatic rings. The summed E-state index contributed by atoms with van der Waals surface area (Å²) in [5.74, 6) is 1.45. The van der Waals surface area contributed by atoms with Crippen molar-refractivity contribution in [2.24, 2.45) is 0 Å². The fraction of sp³-hybridized carbons (Fsp3) is 0.267. The predicted octanol–water partition coefficient (Wildman–Crippen LogP) is 6.19. The molecule has 1 aliphatic heterocycles. The lowest BCUT2D eigenvalue weighted by Crippen LogP contribution is -2.40. The maximum Gasteiger partial charge on any atom is 0.289 e. The normalized spacial score (nSPS) is 14.9. The fourth-order valence-corrected chi connectivity index (χ4v) is 5.25. The maximum absolute atomic E-state index is 13.5. The second-order valence-corrected chi connectivity index (χ2v) is 10.4. The average molecular weight is 515 g/mol. The van der Waals surface area contributed by atoms with Crippen molar-refractivity contribution in [2.45, 2.75) is 39.0 Å². The molecule has 2 aromatic heterocycles. The van der Waals surface area contributed by atoms with Crippen LogP contribution in [0.2, 0.25) is 0 Å². The van der Waals surface area contributed by atoms with E-state index in [2.05, 4.69) is 18.2 Å². The smallest absolute Gasteiger partial charge is 0.289 e. The number of rotatable bonds is 7. The molecule has 0 N–H and O–H groups in total. The first-order valence-corrected chi connectivity index (χ1v) is 13.3. The van der Waals surface area contributed by atoms with E-state index in [0.717, 1.165) is 22.4 Å². The van der Waals surface area contributed by atoms with Crippen LogP contribution in [-0.2, 0) is 13.0 Å². The Morgan fingerprint density at radius 2 is 1.89 bits per heavy atom. The minimum absolute atomic E-state index is 0.0416. The molecule has 190 valence electrons. The first-order chi connectivity index (χ1) is 17.9. The molecule has 0 bridgehead atoms. The summed E-state index contributed by atoms with van der Waals surface area (Å²) >= 11 is 1.47. The average Bonchev–Trinajstić information content (AvgIpc) is 3.63. The number of furan rings is 1. The van der Waals surface area contributed by atoms with Gasteiger partial charge in [-0.25, -0.2) is 0 Å². The third-order valence-corrected chi connectivity index (χ3v) is 7.66. The lowest BCUT2D eigenvalue weighted by Gasteiger charge is -2.37. The summed E-state index contributed by atoms with van der Waals surface area (Å²) in [7, 11) is 1.76. The lowest BCUT2D eigenvalue weighted by molar-refractivity contribution is 0.0696. The van der Waals surface area contributed by atoms with Gasteiger partial charge in [-0.1, -0.05) is 42.5 Å². The Labute approximate surface area is 221 Å². The maximum atomic E-state index is 13.5. The van der Waals surface area contributed by atoms with Crippen molar-refractivity contribution < 1.29 is 18.7 Å². The first-order valence-electron chi connectivity index (χ1n) is 12.4. The number of thiophene rings is 1. The van der Waals surface area contributed by atoms with Crippen LogP contribution >= 0.6 is 11.3 Å².